The molecule has 0 radical (unpaired) electrons. The normalized spacial score (nSPS) is 19.1. The summed E-state index contributed by atoms with van der Waals surface area (Å²) >= 11 is 0. The number of amides is 1. The van der Waals surface area contributed by atoms with E-state index in [1.807, 2.05) is 0 Å². The van der Waals surface area contributed by atoms with E-state index in [0.29, 0.717) is 13.1 Å². The highest BCUT2D eigenvalue weighted by Gasteiger charge is 2.28. The predicted octanol–water partition coefficient (Wildman–Crippen LogP) is 0.932. The zero-order valence-corrected chi connectivity index (χ0v) is 13.6. The smallest absolute Gasteiger partial charge is 0.256 e. The van der Waals surface area contributed by atoms with Gasteiger partial charge < -0.3 is 4.90 Å². The number of carbonyl (C=O) groups is 1. The molecular weight excluding hydrogens is 321 g/mol. The molecule has 1 N–H and O–H groups in total. The van der Waals surface area contributed by atoms with Gasteiger partial charge in [-0.15, -0.1) is 0 Å². The highest BCUT2D eigenvalue weighted by molar-refractivity contribution is 7.73. The average molecular weight is 341 g/mol. The SMILES string of the molecule is O=C(c1ccc(N[SH](=O)=O)cc1F)N1CCN(CC2CC2)CC1. The van der Waals surface area contributed by atoms with Crippen LogP contribution in [0.15, 0.2) is 18.2 Å². The first-order valence-corrected chi connectivity index (χ1v) is 8.93. The van der Waals surface area contributed by atoms with E-state index < -0.39 is 16.7 Å². The molecule has 8 heteroatoms. The topological polar surface area (TPSA) is 69.7 Å². The van der Waals surface area contributed by atoms with Crippen LogP contribution in [0.2, 0.25) is 0 Å². The Kier molecular flexibility index (Phi) is 4.82. The highest BCUT2D eigenvalue weighted by atomic mass is 32.2. The van der Waals surface area contributed by atoms with Crippen molar-refractivity contribution in [3.8, 4) is 0 Å². The van der Waals surface area contributed by atoms with E-state index in [9.17, 15) is 17.6 Å². The van der Waals surface area contributed by atoms with Gasteiger partial charge in [0.1, 0.15) is 5.82 Å². The molecule has 3 rings (SSSR count). The Balaban J connectivity index is 1.61. The molecule has 2 aliphatic rings. The second kappa shape index (κ2) is 6.84. The average Bonchev–Trinajstić information content (AvgIpc) is 3.31. The second-order valence-electron chi connectivity index (χ2n) is 6.10. The molecule has 23 heavy (non-hydrogen) atoms. The lowest BCUT2D eigenvalue weighted by Gasteiger charge is -2.34. The molecule has 1 amide bonds. The Bertz CT molecular complexity index is 660. The maximum Gasteiger partial charge on any atom is 0.256 e. The van der Waals surface area contributed by atoms with E-state index in [1.54, 1.807) is 4.90 Å². The van der Waals surface area contributed by atoms with E-state index in [1.165, 1.54) is 25.0 Å². The summed E-state index contributed by atoms with van der Waals surface area (Å²) in [5.74, 6) is -0.230. The Morgan fingerprint density at radius 1 is 1.22 bits per heavy atom. The van der Waals surface area contributed by atoms with E-state index in [2.05, 4.69) is 9.62 Å². The van der Waals surface area contributed by atoms with E-state index in [0.717, 1.165) is 31.6 Å². The van der Waals surface area contributed by atoms with Gasteiger partial charge in [-0.2, -0.15) is 0 Å². The number of rotatable bonds is 5. The molecule has 2 fully saturated rings. The number of carbonyl (C=O) groups excluding carboxylic acids is 1. The molecule has 1 aromatic rings. The molecule has 1 aromatic carbocycles. The summed E-state index contributed by atoms with van der Waals surface area (Å²) in [6, 6.07) is 3.75. The molecule has 1 aliphatic heterocycles. The molecule has 1 aliphatic carbocycles. The van der Waals surface area contributed by atoms with E-state index in [4.69, 9.17) is 0 Å². The van der Waals surface area contributed by atoms with Crippen molar-refractivity contribution in [2.24, 2.45) is 5.92 Å². The zero-order chi connectivity index (χ0) is 16.4. The minimum Gasteiger partial charge on any atom is -0.336 e. The van der Waals surface area contributed by atoms with E-state index >= 15 is 0 Å². The minimum atomic E-state index is -2.85. The molecule has 0 unspecified atom stereocenters. The van der Waals surface area contributed by atoms with Gasteiger partial charge in [0, 0.05) is 32.7 Å². The van der Waals surface area contributed by atoms with Crippen LogP contribution >= 0.6 is 0 Å². The van der Waals surface area contributed by atoms with Gasteiger partial charge in [0.05, 0.1) is 11.3 Å². The van der Waals surface area contributed by atoms with Crippen LogP contribution < -0.4 is 4.72 Å². The summed E-state index contributed by atoms with van der Waals surface area (Å²) in [5.41, 5.74) is 0.0942. The number of halogens is 1. The lowest BCUT2D eigenvalue weighted by Crippen LogP contribution is -2.49. The molecule has 1 heterocycles. The second-order valence-corrected chi connectivity index (χ2v) is 6.84. The van der Waals surface area contributed by atoms with Crippen molar-refractivity contribution in [3.05, 3.63) is 29.6 Å². The summed E-state index contributed by atoms with van der Waals surface area (Å²) < 4.78 is 37.3. The molecule has 0 aromatic heterocycles. The summed E-state index contributed by atoms with van der Waals surface area (Å²) in [6.45, 7) is 3.93. The van der Waals surface area contributed by atoms with Crippen LogP contribution in [0.4, 0.5) is 10.1 Å². The van der Waals surface area contributed by atoms with Crippen LogP contribution in [0, 0.1) is 11.7 Å². The lowest BCUT2D eigenvalue weighted by atomic mass is 10.1. The Morgan fingerprint density at radius 2 is 1.91 bits per heavy atom. The van der Waals surface area contributed by atoms with Crippen LogP contribution in [0.1, 0.15) is 23.2 Å². The van der Waals surface area contributed by atoms with Crippen molar-refractivity contribution >= 4 is 22.5 Å². The maximum atomic E-state index is 14.1. The summed E-state index contributed by atoms with van der Waals surface area (Å²) in [6.07, 6.45) is 2.61. The van der Waals surface area contributed by atoms with Crippen molar-refractivity contribution in [3.63, 3.8) is 0 Å². The maximum absolute atomic E-state index is 14.1. The third-order valence-electron chi connectivity index (χ3n) is 4.29. The van der Waals surface area contributed by atoms with Crippen molar-refractivity contribution in [1.82, 2.24) is 9.80 Å². The molecule has 6 nitrogen and oxygen atoms in total. The van der Waals surface area contributed by atoms with Gasteiger partial charge in [0.15, 0.2) is 0 Å². The number of nitrogens with zero attached hydrogens (tertiary/aromatic N) is 2. The fraction of sp³-hybridized carbons (Fsp3) is 0.533. The highest BCUT2D eigenvalue weighted by Crippen LogP contribution is 2.30. The van der Waals surface area contributed by atoms with Crippen LogP contribution in [-0.4, -0.2) is 56.8 Å². The molecule has 1 saturated heterocycles. The van der Waals surface area contributed by atoms with Crippen molar-refractivity contribution in [2.75, 3.05) is 37.4 Å². The van der Waals surface area contributed by atoms with Crippen molar-refractivity contribution < 1.29 is 17.6 Å². The fourth-order valence-electron chi connectivity index (χ4n) is 2.83. The van der Waals surface area contributed by atoms with Gasteiger partial charge in [-0.25, -0.2) is 12.8 Å². The standard InChI is InChI=1S/C15H20FN3O3S/c16-14-9-12(17-23(21)22)3-4-13(14)15(20)19-7-5-18(6-8-19)10-11-1-2-11/h3-4,9,11,23H,1-2,5-8,10H2,(H,17,21,22). The largest absolute Gasteiger partial charge is 0.336 e. The number of hydrogen-bond acceptors (Lipinski definition) is 4. The Labute approximate surface area is 136 Å². The molecular formula is C15H20FN3O3S. The molecule has 0 atom stereocenters. The third kappa shape index (κ3) is 4.20. The lowest BCUT2D eigenvalue weighted by molar-refractivity contribution is 0.0627. The summed E-state index contributed by atoms with van der Waals surface area (Å²) in [7, 11) is -2.85. The van der Waals surface area contributed by atoms with Gasteiger partial charge in [-0.3, -0.25) is 14.4 Å². The van der Waals surface area contributed by atoms with Crippen molar-refractivity contribution in [2.45, 2.75) is 12.8 Å². The quantitative estimate of drug-likeness (QED) is 0.782. The molecule has 126 valence electrons. The minimum absolute atomic E-state index is 0.0210. The zero-order valence-electron chi connectivity index (χ0n) is 12.7. The number of anilines is 1. The summed E-state index contributed by atoms with van der Waals surface area (Å²) in [5, 5.41) is 0. The van der Waals surface area contributed by atoms with Crippen molar-refractivity contribution in [1.29, 1.82) is 0 Å². The number of nitrogens with one attached hydrogen (secondary N) is 1. The molecule has 0 spiro atoms. The van der Waals surface area contributed by atoms with Crippen LogP contribution in [0.3, 0.4) is 0 Å². The monoisotopic (exact) mass is 341 g/mol. The van der Waals surface area contributed by atoms with Gasteiger partial charge in [0.25, 0.3) is 5.91 Å². The van der Waals surface area contributed by atoms with Crippen LogP contribution in [0.25, 0.3) is 0 Å². The number of piperazine rings is 1. The van der Waals surface area contributed by atoms with Gasteiger partial charge in [-0.1, -0.05) is 0 Å². The first-order valence-electron chi connectivity index (χ1n) is 7.75. The Hall–Kier alpha value is -1.67. The predicted molar refractivity (Wildman–Crippen MR) is 85.4 cm³/mol. The fourth-order valence-corrected chi connectivity index (χ4v) is 3.18. The van der Waals surface area contributed by atoms with Gasteiger partial charge in [-0.05, 0) is 37.0 Å². The molecule has 0 bridgehead atoms. The first kappa shape index (κ1) is 16.2. The van der Waals surface area contributed by atoms with Gasteiger partial charge in [0.2, 0.25) is 10.9 Å². The molecule has 1 saturated carbocycles. The number of benzene rings is 1. The first-order chi connectivity index (χ1) is 11.0. The third-order valence-corrected chi connectivity index (χ3v) is 4.73. The summed E-state index contributed by atoms with van der Waals surface area (Å²) in [4.78, 5) is 16.4. The number of thiol groups is 1. The van der Waals surface area contributed by atoms with E-state index in [-0.39, 0.29) is 17.2 Å². The Morgan fingerprint density at radius 3 is 2.48 bits per heavy atom. The van der Waals surface area contributed by atoms with Crippen LogP contribution in [-0.2, 0) is 10.9 Å². The van der Waals surface area contributed by atoms with Gasteiger partial charge >= 0.3 is 0 Å². The van der Waals surface area contributed by atoms with Crippen LogP contribution in [0.5, 0.6) is 0 Å². The number of hydrogen-bond donors (Lipinski definition) is 2.